The van der Waals surface area contributed by atoms with Crippen LogP contribution in [0.2, 0.25) is 0 Å². The minimum absolute atomic E-state index is 0.559. The Labute approximate surface area is 99.8 Å². The zero-order valence-electron chi connectivity index (χ0n) is 9.32. The second kappa shape index (κ2) is 4.07. The van der Waals surface area contributed by atoms with Crippen molar-refractivity contribution in [3.8, 4) is 0 Å². The van der Waals surface area contributed by atoms with E-state index in [4.69, 9.17) is 0 Å². The molecule has 0 amide bonds. The van der Waals surface area contributed by atoms with Crippen molar-refractivity contribution in [3.05, 3.63) is 78.1 Å². The monoisotopic (exact) mass is 223 g/mol. The smallest absolute Gasteiger partial charge is 0.106 e. The van der Waals surface area contributed by atoms with Crippen LogP contribution in [0.1, 0.15) is 17.2 Å². The van der Waals surface area contributed by atoms with E-state index in [0.29, 0.717) is 0 Å². The van der Waals surface area contributed by atoms with Gasteiger partial charge in [-0.3, -0.25) is 0 Å². The first-order chi connectivity index (χ1) is 8.34. The van der Waals surface area contributed by atoms with E-state index in [9.17, 15) is 5.11 Å². The Bertz CT molecular complexity index is 594. The largest absolute Gasteiger partial charge is 0.384 e. The highest BCUT2D eigenvalue weighted by Crippen LogP contribution is 2.23. The van der Waals surface area contributed by atoms with Crippen LogP contribution in [0.4, 0.5) is 0 Å². The normalized spacial score (nSPS) is 12.8. The van der Waals surface area contributed by atoms with Crippen molar-refractivity contribution in [2.24, 2.45) is 0 Å². The molecule has 3 rings (SSSR count). The summed E-state index contributed by atoms with van der Waals surface area (Å²) in [5.74, 6) is 0. The molecule has 0 radical (unpaired) electrons. The van der Waals surface area contributed by atoms with Gasteiger partial charge in [0.15, 0.2) is 0 Å². The van der Waals surface area contributed by atoms with Gasteiger partial charge in [0.2, 0.25) is 0 Å². The van der Waals surface area contributed by atoms with Crippen LogP contribution < -0.4 is 0 Å². The van der Waals surface area contributed by atoms with Crippen LogP contribution in [0.15, 0.2) is 67.0 Å². The first-order valence-corrected chi connectivity index (χ1v) is 5.64. The predicted octanol–water partition coefficient (Wildman–Crippen LogP) is 3.02. The molecule has 1 N–H and O–H groups in total. The fourth-order valence-corrected chi connectivity index (χ4v) is 2.05. The molecular formula is C15H13NO. The average molecular weight is 223 g/mol. The second-order valence-electron chi connectivity index (χ2n) is 4.12. The fraction of sp³-hybridized carbons (Fsp3) is 0.0667. The van der Waals surface area contributed by atoms with E-state index in [-0.39, 0.29) is 0 Å². The van der Waals surface area contributed by atoms with Crippen molar-refractivity contribution in [1.29, 1.82) is 0 Å². The SMILES string of the molecule is OC(c1ccccc1)c1cc2ccccn2c1. The summed E-state index contributed by atoms with van der Waals surface area (Å²) in [5.41, 5.74) is 2.93. The molecule has 2 heteroatoms. The third-order valence-corrected chi connectivity index (χ3v) is 2.96. The zero-order chi connectivity index (χ0) is 11.7. The maximum atomic E-state index is 10.3. The number of aromatic nitrogens is 1. The standard InChI is InChI=1S/C15H13NO/c17-15(12-6-2-1-3-7-12)13-10-14-8-4-5-9-16(14)11-13/h1-11,15,17H. The maximum absolute atomic E-state index is 10.3. The quantitative estimate of drug-likeness (QED) is 0.709. The number of benzene rings is 1. The van der Waals surface area contributed by atoms with Gasteiger partial charge >= 0.3 is 0 Å². The van der Waals surface area contributed by atoms with E-state index < -0.39 is 6.10 Å². The second-order valence-corrected chi connectivity index (χ2v) is 4.12. The predicted molar refractivity (Wildman–Crippen MR) is 67.9 cm³/mol. The maximum Gasteiger partial charge on any atom is 0.106 e. The summed E-state index contributed by atoms with van der Waals surface area (Å²) in [6.07, 6.45) is 3.39. The number of hydrogen-bond acceptors (Lipinski definition) is 1. The summed E-state index contributed by atoms with van der Waals surface area (Å²) >= 11 is 0. The summed E-state index contributed by atoms with van der Waals surface area (Å²) in [7, 11) is 0. The van der Waals surface area contributed by atoms with Gasteiger partial charge in [0.05, 0.1) is 0 Å². The number of rotatable bonds is 2. The van der Waals surface area contributed by atoms with Gasteiger partial charge in [0.1, 0.15) is 6.10 Å². The fourth-order valence-electron chi connectivity index (χ4n) is 2.05. The Kier molecular flexibility index (Phi) is 2.42. The summed E-state index contributed by atoms with van der Waals surface area (Å²) in [4.78, 5) is 0. The topological polar surface area (TPSA) is 24.6 Å². The molecule has 1 aromatic carbocycles. The van der Waals surface area contributed by atoms with Crippen LogP contribution in [0, 0.1) is 0 Å². The highest BCUT2D eigenvalue weighted by atomic mass is 16.3. The van der Waals surface area contributed by atoms with Crippen molar-refractivity contribution in [3.63, 3.8) is 0 Å². The molecule has 3 aromatic rings. The summed E-state index contributed by atoms with van der Waals surface area (Å²) in [6.45, 7) is 0. The minimum atomic E-state index is -0.559. The first kappa shape index (κ1) is 10.1. The number of hydrogen-bond donors (Lipinski definition) is 1. The number of nitrogens with zero attached hydrogens (tertiary/aromatic N) is 1. The molecule has 0 fully saturated rings. The molecule has 2 heterocycles. The third-order valence-electron chi connectivity index (χ3n) is 2.96. The summed E-state index contributed by atoms with van der Waals surface area (Å²) in [5, 5.41) is 10.3. The van der Waals surface area contributed by atoms with Crippen molar-refractivity contribution >= 4 is 5.52 Å². The first-order valence-electron chi connectivity index (χ1n) is 5.64. The number of pyridine rings is 1. The molecule has 1 atom stereocenters. The van der Waals surface area contributed by atoms with Crippen LogP contribution in [-0.4, -0.2) is 9.51 Å². The van der Waals surface area contributed by atoms with Crippen LogP contribution in [-0.2, 0) is 0 Å². The Morgan fingerprint density at radius 1 is 0.882 bits per heavy atom. The molecule has 2 aromatic heterocycles. The highest BCUT2D eigenvalue weighted by molar-refractivity contribution is 5.51. The van der Waals surface area contributed by atoms with Gasteiger partial charge < -0.3 is 9.51 Å². The van der Waals surface area contributed by atoms with Gasteiger partial charge in [-0.25, -0.2) is 0 Å². The van der Waals surface area contributed by atoms with Crippen LogP contribution in [0.5, 0.6) is 0 Å². The van der Waals surface area contributed by atoms with Crippen molar-refractivity contribution in [2.45, 2.75) is 6.10 Å². The lowest BCUT2D eigenvalue weighted by Gasteiger charge is -2.08. The summed E-state index contributed by atoms with van der Waals surface area (Å²) < 4.78 is 2.02. The van der Waals surface area contributed by atoms with Crippen LogP contribution in [0.3, 0.4) is 0 Å². The molecule has 0 aliphatic rings. The molecule has 1 unspecified atom stereocenters. The lowest BCUT2D eigenvalue weighted by Crippen LogP contribution is -1.97. The molecule has 0 bridgehead atoms. The molecule has 0 saturated heterocycles. The van der Waals surface area contributed by atoms with E-state index in [0.717, 1.165) is 16.6 Å². The van der Waals surface area contributed by atoms with E-state index in [1.165, 1.54) is 0 Å². The Hall–Kier alpha value is -2.06. The van der Waals surface area contributed by atoms with E-state index in [1.807, 2.05) is 71.4 Å². The van der Waals surface area contributed by atoms with Gasteiger partial charge in [-0.15, -0.1) is 0 Å². The molecule has 0 aliphatic carbocycles. The van der Waals surface area contributed by atoms with E-state index in [2.05, 4.69) is 0 Å². The Balaban J connectivity index is 2.04. The highest BCUT2D eigenvalue weighted by Gasteiger charge is 2.11. The minimum Gasteiger partial charge on any atom is -0.384 e. The molecule has 84 valence electrons. The number of aliphatic hydroxyl groups is 1. The molecule has 0 spiro atoms. The average Bonchev–Trinajstić information content (AvgIpc) is 2.82. The van der Waals surface area contributed by atoms with Crippen molar-refractivity contribution in [1.82, 2.24) is 4.40 Å². The molecule has 0 aliphatic heterocycles. The van der Waals surface area contributed by atoms with Gasteiger partial charge in [-0.2, -0.15) is 0 Å². The Morgan fingerprint density at radius 2 is 1.65 bits per heavy atom. The third kappa shape index (κ3) is 1.83. The van der Waals surface area contributed by atoms with Gasteiger partial charge in [0.25, 0.3) is 0 Å². The summed E-state index contributed by atoms with van der Waals surface area (Å²) in [6, 6.07) is 17.7. The number of aliphatic hydroxyl groups excluding tert-OH is 1. The molecule has 0 saturated carbocycles. The Morgan fingerprint density at radius 3 is 2.41 bits per heavy atom. The number of fused-ring (bicyclic) bond motifs is 1. The van der Waals surface area contributed by atoms with E-state index in [1.54, 1.807) is 0 Å². The molecular weight excluding hydrogens is 210 g/mol. The van der Waals surface area contributed by atoms with Crippen LogP contribution >= 0.6 is 0 Å². The van der Waals surface area contributed by atoms with Crippen molar-refractivity contribution < 1.29 is 5.11 Å². The van der Waals surface area contributed by atoms with Gasteiger partial charge in [0, 0.05) is 23.5 Å². The molecule has 2 nitrogen and oxygen atoms in total. The lowest BCUT2D eigenvalue weighted by molar-refractivity contribution is 0.220. The molecule has 17 heavy (non-hydrogen) atoms. The van der Waals surface area contributed by atoms with Crippen molar-refractivity contribution in [2.75, 3.05) is 0 Å². The zero-order valence-corrected chi connectivity index (χ0v) is 9.32. The lowest BCUT2D eigenvalue weighted by atomic mass is 10.0. The van der Waals surface area contributed by atoms with Gasteiger partial charge in [-0.05, 0) is 23.8 Å². The van der Waals surface area contributed by atoms with Gasteiger partial charge in [-0.1, -0.05) is 36.4 Å². The van der Waals surface area contributed by atoms with E-state index >= 15 is 0 Å². The van der Waals surface area contributed by atoms with Crippen LogP contribution in [0.25, 0.3) is 5.52 Å².